The van der Waals surface area contributed by atoms with Crippen molar-refractivity contribution in [2.45, 2.75) is 26.3 Å². The Kier molecular flexibility index (Phi) is 6.76. The van der Waals surface area contributed by atoms with Crippen molar-refractivity contribution in [3.63, 3.8) is 0 Å². The number of amides is 2. The summed E-state index contributed by atoms with van der Waals surface area (Å²) in [5, 5.41) is 14.3. The Balaban J connectivity index is 2.44. The van der Waals surface area contributed by atoms with Crippen molar-refractivity contribution in [3.05, 3.63) is 69.7 Å². The van der Waals surface area contributed by atoms with E-state index in [0.29, 0.717) is 17.4 Å². The maximum atomic E-state index is 13.3. The summed E-state index contributed by atoms with van der Waals surface area (Å²) in [5.41, 5.74) is 0.601. The molecule has 0 aliphatic rings. The van der Waals surface area contributed by atoms with Gasteiger partial charge in [0.15, 0.2) is 0 Å². The first-order valence-corrected chi connectivity index (χ1v) is 9.12. The van der Waals surface area contributed by atoms with Crippen molar-refractivity contribution in [1.29, 1.82) is 0 Å². The van der Waals surface area contributed by atoms with Gasteiger partial charge in [-0.15, -0.1) is 0 Å². The molecule has 0 heterocycles. The van der Waals surface area contributed by atoms with Crippen molar-refractivity contribution < 1.29 is 19.6 Å². The molecule has 8 heteroatoms. The van der Waals surface area contributed by atoms with Crippen LogP contribution in [0.2, 0.25) is 5.02 Å². The van der Waals surface area contributed by atoms with Crippen LogP contribution in [0.4, 0.5) is 0 Å². The van der Waals surface area contributed by atoms with Crippen molar-refractivity contribution in [3.8, 4) is 0 Å². The van der Waals surface area contributed by atoms with Crippen molar-refractivity contribution in [1.82, 2.24) is 10.0 Å². The highest BCUT2D eigenvalue weighted by Crippen LogP contribution is 2.25. The number of hydrazine groups is 1. The highest BCUT2D eigenvalue weighted by molar-refractivity contribution is 6.34. The van der Waals surface area contributed by atoms with Gasteiger partial charge in [0.25, 0.3) is 11.8 Å². The molecular weight excluding hydrogens is 394 g/mol. The van der Waals surface area contributed by atoms with E-state index in [2.05, 4.69) is 5.16 Å². The maximum Gasteiger partial charge on any atom is 0.274 e. The van der Waals surface area contributed by atoms with Gasteiger partial charge in [-0.3, -0.25) is 14.4 Å². The average molecular weight is 416 g/mol. The Morgan fingerprint density at radius 2 is 1.76 bits per heavy atom. The molecule has 0 saturated heterocycles. The second-order valence-corrected chi connectivity index (χ2v) is 7.75. The third-order valence-electron chi connectivity index (χ3n) is 4.12. The summed E-state index contributed by atoms with van der Waals surface area (Å²) in [5.74, 6) is -0.922. The number of carbonyl (C=O) groups is 3. The van der Waals surface area contributed by atoms with Gasteiger partial charge in [-0.25, -0.2) is 10.0 Å². The van der Waals surface area contributed by atoms with E-state index in [0.717, 1.165) is 0 Å². The molecule has 29 heavy (non-hydrogen) atoms. The molecule has 0 bridgehead atoms. The number of benzene rings is 2. The Hall–Kier alpha value is -3.19. The van der Waals surface area contributed by atoms with E-state index in [9.17, 15) is 14.4 Å². The smallest absolute Gasteiger partial charge is 0.274 e. The van der Waals surface area contributed by atoms with Crippen LogP contribution >= 0.6 is 11.6 Å². The van der Waals surface area contributed by atoms with Crippen LogP contribution in [-0.4, -0.2) is 52.1 Å². The minimum absolute atomic E-state index is 0.158. The van der Waals surface area contributed by atoms with Crippen LogP contribution < -0.4 is 0 Å². The lowest BCUT2D eigenvalue weighted by atomic mass is 10.0. The quantitative estimate of drug-likeness (QED) is 0.355. The van der Waals surface area contributed by atoms with Gasteiger partial charge in [-0.2, -0.15) is 0 Å². The molecule has 0 aromatic heterocycles. The number of aldehydes is 1. The zero-order chi connectivity index (χ0) is 21.8. The summed E-state index contributed by atoms with van der Waals surface area (Å²) < 4.78 is 0. The Morgan fingerprint density at radius 1 is 1.07 bits per heavy atom. The van der Waals surface area contributed by atoms with Gasteiger partial charge in [0.05, 0.1) is 22.3 Å². The third kappa shape index (κ3) is 5.00. The number of hydrogen-bond donors (Lipinski definition) is 1. The molecule has 1 N–H and O–H groups in total. The fourth-order valence-electron chi connectivity index (χ4n) is 2.88. The molecular formula is C21H22ClN3O4. The van der Waals surface area contributed by atoms with Crippen LogP contribution in [0.15, 0.2) is 47.6 Å². The number of hydrogen-bond acceptors (Lipinski definition) is 5. The number of nitrogens with zero attached hydrogens (tertiary/aromatic N) is 3. The zero-order valence-electron chi connectivity index (χ0n) is 16.6. The molecule has 7 nitrogen and oxygen atoms in total. The average Bonchev–Trinajstić information content (AvgIpc) is 2.66. The van der Waals surface area contributed by atoms with Crippen LogP contribution in [0.1, 0.15) is 57.4 Å². The molecule has 0 fully saturated rings. The standard InChI is InChI=1S/C21H22ClN3O4/c1-21(2,3)25(20(28)17-9-8-14(12-23-29)11-18(17)22)24(4)19(27)16-7-5-6-15(10-16)13-26/h5-13,29H,1-4H3/b23-12+. The van der Waals surface area contributed by atoms with E-state index < -0.39 is 17.4 Å². The summed E-state index contributed by atoms with van der Waals surface area (Å²) in [4.78, 5) is 37.3. The molecule has 0 aliphatic heterocycles. The van der Waals surface area contributed by atoms with Crippen molar-refractivity contribution in [2.75, 3.05) is 7.05 Å². The first-order valence-electron chi connectivity index (χ1n) is 8.75. The molecule has 2 amide bonds. The van der Waals surface area contributed by atoms with Gasteiger partial charge in [-0.1, -0.05) is 35.0 Å². The van der Waals surface area contributed by atoms with Crippen LogP contribution in [0.3, 0.4) is 0 Å². The predicted octanol–water partition coefficient (Wildman–Crippen LogP) is 3.89. The van der Waals surface area contributed by atoms with Crippen molar-refractivity contribution >= 4 is 35.9 Å². The van der Waals surface area contributed by atoms with E-state index >= 15 is 0 Å². The van der Waals surface area contributed by atoms with Gasteiger partial charge < -0.3 is 5.21 Å². The first-order chi connectivity index (χ1) is 13.6. The number of carbonyl (C=O) groups excluding carboxylic acids is 3. The highest BCUT2D eigenvalue weighted by Gasteiger charge is 2.34. The molecule has 0 spiro atoms. The summed E-state index contributed by atoms with van der Waals surface area (Å²) in [6, 6.07) is 10.8. The first kappa shape index (κ1) is 22.1. The molecule has 0 atom stereocenters. The fraction of sp³-hybridized carbons (Fsp3) is 0.238. The van der Waals surface area contributed by atoms with Crippen molar-refractivity contribution in [2.24, 2.45) is 5.16 Å². The predicted molar refractivity (Wildman–Crippen MR) is 111 cm³/mol. The van der Waals surface area contributed by atoms with Crippen LogP contribution in [0, 0.1) is 0 Å². The van der Waals surface area contributed by atoms with Gasteiger partial charge in [-0.05, 0) is 50.6 Å². The largest absolute Gasteiger partial charge is 0.411 e. The van der Waals surface area contributed by atoms with Gasteiger partial charge >= 0.3 is 0 Å². The maximum absolute atomic E-state index is 13.3. The minimum atomic E-state index is -0.752. The Morgan fingerprint density at radius 3 is 2.31 bits per heavy atom. The summed E-state index contributed by atoms with van der Waals surface area (Å²) in [6.45, 7) is 5.37. The molecule has 0 unspecified atom stereocenters. The van der Waals surface area contributed by atoms with Crippen LogP contribution in [0.25, 0.3) is 0 Å². The Bertz CT molecular complexity index is 967. The molecule has 0 radical (unpaired) electrons. The minimum Gasteiger partial charge on any atom is -0.411 e. The monoisotopic (exact) mass is 415 g/mol. The summed E-state index contributed by atoms with van der Waals surface area (Å²) in [6.07, 6.45) is 1.85. The number of halogens is 1. The van der Waals surface area contributed by atoms with E-state index in [-0.39, 0.29) is 16.1 Å². The fourth-order valence-corrected chi connectivity index (χ4v) is 3.15. The second-order valence-electron chi connectivity index (χ2n) is 7.34. The van der Waals surface area contributed by atoms with E-state index in [1.165, 1.54) is 41.5 Å². The molecule has 0 aliphatic carbocycles. The lowest BCUT2D eigenvalue weighted by Crippen LogP contribution is -2.56. The normalized spacial score (nSPS) is 11.3. The third-order valence-corrected chi connectivity index (χ3v) is 4.43. The summed E-state index contributed by atoms with van der Waals surface area (Å²) in [7, 11) is 1.49. The molecule has 0 saturated carbocycles. The number of oxime groups is 1. The van der Waals surface area contributed by atoms with E-state index in [1.807, 2.05) is 0 Å². The zero-order valence-corrected chi connectivity index (χ0v) is 17.3. The summed E-state index contributed by atoms with van der Waals surface area (Å²) >= 11 is 6.26. The molecule has 152 valence electrons. The van der Waals surface area contributed by atoms with Crippen LogP contribution in [0.5, 0.6) is 0 Å². The molecule has 2 aromatic rings. The van der Waals surface area contributed by atoms with Gasteiger partial charge in [0, 0.05) is 18.2 Å². The van der Waals surface area contributed by atoms with Crippen LogP contribution in [-0.2, 0) is 0 Å². The highest BCUT2D eigenvalue weighted by atomic mass is 35.5. The number of rotatable bonds is 4. The SMILES string of the molecule is CN(C(=O)c1cccc(C=O)c1)N(C(=O)c1ccc(/C=N/O)cc1Cl)C(C)(C)C. The second kappa shape index (κ2) is 8.87. The van der Waals surface area contributed by atoms with Gasteiger partial charge in [0.2, 0.25) is 0 Å². The lowest BCUT2D eigenvalue weighted by Gasteiger charge is -2.41. The van der Waals surface area contributed by atoms with E-state index in [4.69, 9.17) is 16.8 Å². The van der Waals surface area contributed by atoms with Gasteiger partial charge in [0.1, 0.15) is 6.29 Å². The van der Waals surface area contributed by atoms with E-state index in [1.54, 1.807) is 45.0 Å². The molecule has 2 aromatic carbocycles. The Labute approximate surface area is 174 Å². The lowest BCUT2D eigenvalue weighted by molar-refractivity contribution is -0.0308. The molecule has 2 rings (SSSR count). The topological polar surface area (TPSA) is 90.3 Å².